The minimum absolute atomic E-state index is 0.119. The van der Waals surface area contributed by atoms with Gasteiger partial charge < -0.3 is 10.0 Å². The van der Waals surface area contributed by atoms with Gasteiger partial charge >= 0.3 is 7.12 Å². The number of nitrogens with zero attached hydrogens (tertiary/aromatic N) is 1. The van der Waals surface area contributed by atoms with Crippen molar-refractivity contribution in [1.82, 2.24) is 0 Å². The number of halogens is 1. The largest absolute Gasteiger partial charge is 0.492 e. The van der Waals surface area contributed by atoms with Crippen LogP contribution in [0.5, 0.6) is 0 Å². The molecule has 5 heteroatoms. The minimum Gasteiger partial charge on any atom is -0.423 e. The highest BCUT2D eigenvalue weighted by Crippen LogP contribution is 2.08. The van der Waals surface area contributed by atoms with Crippen LogP contribution in [0, 0.1) is 0 Å². The molecule has 0 saturated carbocycles. The van der Waals surface area contributed by atoms with Crippen molar-refractivity contribution in [3.05, 3.63) is 11.5 Å². The maximum Gasteiger partial charge on any atom is 0.492 e. The van der Waals surface area contributed by atoms with Gasteiger partial charge in [0, 0.05) is 12.0 Å². The highest BCUT2D eigenvalue weighted by molar-refractivity contribution is 6.58. The second-order valence-electron chi connectivity index (χ2n) is 1.99. The molecule has 1 aliphatic heterocycles. The Morgan fingerprint density at radius 2 is 2.30 bits per heavy atom. The summed E-state index contributed by atoms with van der Waals surface area (Å²) in [5.41, 5.74) is -0.119. The van der Waals surface area contributed by atoms with E-state index in [9.17, 15) is 4.39 Å². The van der Waals surface area contributed by atoms with E-state index in [0.717, 1.165) is 0 Å². The highest BCUT2D eigenvalue weighted by atomic mass is 19.1. The van der Waals surface area contributed by atoms with Crippen LogP contribution < -0.4 is 0 Å². The average Bonchev–Trinajstić information content (AvgIpc) is 1.88. The smallest absolute Gasteiger partial charge is 0.423 e. The fraction of sp³-hybridized carbons (Fsp3) is 0.400. The molecule has 54 valence electrons. The predicted octanol–water partition coefficient (Wildman–Crippen LogP) is -0.304. The summed E-state index contributed by atoms with van der Waals surface area (Å²) >= 11 is 0. The molecule has 0 radical (unpaired) electrons. The van der Waals surface area contributed by atoms with Crippen molar-refractivity contribution < 1.29 is 14.4 Å². The molecule has 0 fully saturated rings. The molecule has 3 nitrogen and oxygen atoms in total. The van der Waals surface area contributed by atoms with Crippen LogP contribution in [0.15, 0.2) is 16.5 Å². The molecule has 0 unspecified atom stereocenters. The number of dihydropyridines is 1. The molecule has 1 aliphatic rings. The van der Waals surface area contributed by atoms with Crippen molar-refractivity contribution >= 4 is 13.1 Å². The van der Waals surface area contributed by atoms with Crippen LogP contribution in [0.1, 0.15) is 6.42 Å². The van der Waals surface area contributed by atoms with Crippen LogP contribution in [-0.4, -0.2) is 29.7 Å². The lowest BCUT2D eigenvalue weighted by Crippen LogP contribution is -2.22. The number of rotatable bonds is 1. The lowest BCUT2D eigenvalue weighted by Gasteiger charge is -2.06. The monoisotopic (exact) mass is 143 g/mol. The van der Waals surface area contributed by atoms with Crippen molar-refractivity contribution in [3.63, 3.8) is 0 Å². The van der Waals surface area contributed by atoms with Crippen molar-refractivity contribution in [3.8, 4) is 0 Å². The van der Waals surface area contributed by atoms with Gasteiger partial charge in [-0.2, -0.15) is 4.39 Å². The van der Waals surface area contributed by atoms with E-state index in [1.54, 1.807) is 0 Å². The first-order valence-corrected chi connectivity index (χ1v) is 2.98. The lowest BCUT2D eigenvalue weighted by atomic mass is 9.78. The maximum absolute atomic E-state index is 12.5. The Balaban J connectivity index is 2.74. The molecule has 10 heavy (non-hydrogen) atoms. The van der Waals surface area contributed by atoms with Gasteiger partial charge in [-0.3, -0.25) is 4.99 Å². The molecule has 2 N–H and O–H groups in total. The molecule has 0 bridgehead atoms. The Morgan fingerprint density at radius 1 is 1.60 bits per heavy atom. The van der Waals surface area contributed by atoms with E-state index >= 15 is 0 Å². The van der Waals surface area contributed by atoms with Crippen molar-refractivity contribution in [1.29, 1.82) is 0 Å². The Bertz CT molecular complexity index is 190. The van der Waals surface area contributed by atoms with Gasteiger partial charge in [-0.05, 0) is 6.42 Å². The van der Waals surface area contributed by atoms with Crippen LogP contribution in [0.3, 0.4) is 0 Å². The van der Waals surface area contributed by atoms with Gasteiger partial charge in [0.05, 0.1) is 0 Å². The second-order valence-corrected chi connectivity index (χ2v) is 1.99. The Morgan fingerprint density at radius 3 is 2.70 bits per heavy atom. The van der Waals surface area contributed by atoms with E-state index in [1.807, 2.05) is 0 Å². The molecular formula is C5H7BFNO2. The zero-order valence-corrected chi connectivity index (χ0v) is 5.29. The summed E-state index contributed by atoms with van der Waals surface area (Å²) in [5, 5.41) is 17.0. The van der Waals surface area contributed by atoms with E-state index in [4.69, 9.17) is 10.0 Å². The topological polar surface area (TPSA) is 52.8 Å². The second kappa shape index (κ2) is 2.94. The third-order valence-electron chi connectivity index (χ3n) is 1.26. The number of aliphatic imine (C=N–C) groups is 1. The van der Waals surface area contributed by atoms with Crippen LogP contribution in [0.4, 0.5) is 4.39 Å². The zero-order chi connectivity index (χ0) is 7.56. The van der Waals surface area contributed by atoms with Crippen LogP contribution >= 0.6 is 0 Å². The Labute approximate surface area is 58.0 Å². The molecular weight excluding hydrogens is 136 g/mol. The zero-order valence-electron chi connectivity index (χ0n) is 5.29. The molecule has 0 saturated heterocycles. The van der Waals surface area contributed by atoms with Crippen LogP contribution in [0.25, 0.3) is 0 Å². The van der Waals surface area contributed by atoms with E-state index < -0.39 is 13.1 Å². The summed E-state index contributed by atoms with van der Waals surface area (Å²) in [7, 11) is -1.73. The minimum atomic E-state index is -1.73. The van der Waals surface area contributed by atoms with E-state index in [2.05, 4.69) is 4.99 Å². The van der Waals surface area contributed by atoms with E-state index in [-0.39, 0.29) is 5.47 Å². The lowest BCUT2D eigenvalue weighted by molar-refractivity contribution is 0.420. The van der Waals surface area contributed by atoms with Gasteiger partial charge in [-0.15, -0.1) is 0 Å². The van der Waals surface area contributed by atoms with E-state index in [1.165, 1.54) is 6.08 Å². The molecule has 0 aromatic heterocycles. The fourth-order valence-corrected chi connectivity index (χ4v) is 0.770. The summed E-state index contributed by atoms with van der Waals surface area (Å²) in [6.07, 6.45) is 2.01. The molecule has 1 heterocycles. The standard InChI is InChI=1S/C5H7BFNO2/c7-5-4(6(9)10)2-1-3-8-5/h2,9-10H,1,3H2. The molecule has 1 rings (SSSR count). The third-order valence-corrected chi connectivity index (χ3v) is 1.26. The molecule has 0 aliphatic carbocycles. The van der Waals surface area contributed by atoms with Gasteiger partial charge in [0.1, 0.15) is 0 Å². The van der Waals surface area contributed by atoms with Gasteiger partial charge in [0.2, 0.25) is 5.97 Å². The van der Waals surface area contributed by atoms with E-state index in [0.29, 0.717) is 13.0 Å². The summed E-state index contributed by atoms with van der Waals surface area (Å²) < 4.78 is 12.5. The fourth-order valence-electron chi connectivity index (χ4n) is 0.770. The summed E-state index contributed by atoms with van der Waals surface area (Å²) in [6.45, 7) is 0.391. The third kappa shape index (κ3) is 1.43. The van der Waals surface area contributed by atoms with Crippen molar-refractivity contribution in [2.75, 3.05) is 6.54 Å². The summed E-state index contributed by atoms with van der Waals surface area (Å²) in [5.74, 6) is -0.763. The predicted molar refractivity (Wildman–Crippen MR) is 36.3 cm³/mol. The van der Waals surface area contributed by atoms with Gasteiger partial charge in [-0.1, -0.05) is 6.08 Å². The van der Waals surface area contributed by atoms with Gasteiger partial charge in [-0.25, -0.2) is 0 Å². The SMILES string of the molecule is OB(O)C1=CCCN=C1F. The van der Waals surface area contributed by atoms with Gasteiger partial charge in [0.15, 0.2) is 0 Å². The molecule has 0 atom stereocenters. The first kappa shape index (κ1) is 7.43. The van der Waals surface area contributed by atoms with Gasteiger partial charge in [0.25, 0.3) is 0 Å². The molecule has 0 aromatic carbocycles. The number of allylic oxidation sites excluding steroid dienone is 1. The average molecular weight is 143 g/mol. The summed E-state index contributed by atoms with van der Waals surface area (Å²) in [6, 6.07) is 0. The summed E-state index contributed by atoms with van der Waals surface area (Å²) in [4.78, 5) is 3.39. The first-order valence-electron chi connectivity index (χ1n) is 2.98. The van der Waals surface area contributed by atoms with Crippen molar-refractivity contribution in [2.24, 2.45) is 4.99 Å². The molecule has 0 spiro atoms. The highest BCUT2D eigenvalue weighted by Gasteiger charge is 2.21. The Hall–Kier alpha value is -0.675. The van der Waals surface area contributed by atoms with Crippen molar-refractivity contribution in [2.45, 2.75) is 6.42 Å². The first-order chi connectivity index (χ1) is 4.72. The maximum atomic E-state index is 12.5. The Kier molecular flexibility index (Phi) is 2.19. The van der Waals surface area contributed by atoms with Crippen LogP contribution in [0.2, 0.25) is 0 Å². The molecule has 0 aromatic rings. The number of hydrogen-bond donors (Lipinski definition) is 2. The van der Waals surface area contributed by atoms with Crippen LogP contribution in [-0.2, 0) is 0 Å². The normalized spacial score (nSPS) is 17.9. The number of hydrogen-bond acceptors (Lipinski definition) is 3. The quantitative estimate of drug-likeness (QED) is 0.495. The molecule has 0 amide bonds.